The Bertz CT molecular complexity index is 593. The lowest BCUT2D eigenvalue weighted by atomic mass is 9.83. The fraction of sp³-hybridized carbons (Fsp3) is 0.750. The smallest absolute Gasteiger partial charge is 0.225 e. The number of piperidine rings is 3. The molecule has 3 saturated heterocycles. The Hall–Kier alpha value is -1.69. The Labute approximate surface area is 156 Å². The molecule has 6 heteroatoms. The van der Waals surface area contributed by atoms with Gasteiger partial charge in [-0.25, -0.2) is 9.97 Å². The molecule has 3 aliphatic heterocycles. The average Bonchev–Trinajstić information content (AvgIpc) is 2.72. The molecule has 6 nitrogen and oxygen atoms in total. The predicted molar refractivity (Wildman–Crippen MR) is 102 cm³/mol. The highest BCUT2D eigenvalue weighted by Gasteiger charge is 2.34. The molecule has 1 aromatic heterocycles. The molecule has 26 heavy (non-hydrogen) atoms. The summed E-state index contributed by atoms with van der Waals surface area (Å²) in [4.78, 5) is 26.3. The van der Waals surface area contributed by atoms with E-state index < -0.39 is 0 Å². The summed E-state index contributed by atoms with van der Waals surface area (Å²) in [7, 11) is 0. The quantitative estimate of drug-likeness (QED) is 0.894. The number of fused-ring (bicyclic) bond motifs is 1. The predicted octanol–water partition coefficient (Wildman–Crippen LogP) is 2.07. The second-order valence-corrected chi connectivity index (χ2v) is 8.08. The number of hydrogen-bond donors (Lipinski definition) is 1. The van der Waals surface area contributed by atoms with Gasteiger partial charge in [0.25, 0.3) is 0 Å². The van der Waals surface area contributed by atoms with Crippen LogP contribution in [0.15, 0.2) is 18.5 Å². The molecule has 4 heterocycles. The van der Waals surface area contributed by atoms with E-state index in [-0.39, 0.29) is 11.8 Å². The SMILES string of the molecule is O=C(NC[C@H]1CCCN2CCCC[C@@H]12)[C@@H]1CCCN(c2ncccn2)C1. The summed E-state index contributed by atoms with van der Waals surface area (Å²) >= 11 is 0. The van der Waals surface area contributed by atoms with Crippen molar-refractivity contribution >= 4 is 11.9 Å². The highest BCUT2D eigenvalue weighted by molar-refractivity contribution is 5.79. The fourth-order valence-electron chi connectivity index (χ4n) is 5.02. The largest absolute Gasteiger partial charge is 0.355 e. The number of carbonyl (C=O) groups excluding carboxylic acids is 1. The maximum atomic E-state index is 12.8. The number of nitrogens with one attached hydrogen (secondary N) is 1. The van der Waals surface area contributed by atoms with Gasteiger partial charge in [0.2, 0.25) is 11.9 Å². The van der Waals surface area contributed by atoms with Crippen molar-refractivity contribution in [1.82, 2.24) is 20.2 Å². The second-order valence-electron chi connectivity index (χ2n) is 8.08. The lowest BCUT2D eigenvalue weighted by Crippen LogP contribution is -2.52. The minimum Gasteiger partial charge on any atom is -0.355 e. The zero-order valence-electron chi connectivity index (χ0n) is 15.6. The number of aromatic nitrogens is 2. The molecule has 4 rings (SSSR count). The van der Waals surface area contributed by atoms with Crippen molar-refractivity contribution in [2.75, 3.05) is 37.6 Å². The minimum atomic E-state index is 0.0543. The topological polar surface area (TPSA) is 61.4 Å². The third-order valence-electron chi connectivity index (χ3n) is 6.39. The van der Waals surface area contributed by atoms with Gasteiger partial charge in [-0.1, -0.05) is 6.42 Å². The van der Waals surface area contributed by atoms with E-state index in [9.17, 15) is 4.79 Å². The molecule has 3 fully saturated rings. The first kappa shape index (κ1) is 17.7. The van der Waals surface area contributed by atoms with Crippen LogP contribution in [0.2, 0.25) is 0 Å². The fourth-order valence-corrected chi connectivity index (χ4v) is 5.02. The standard InChI is InChI=1S/C20H31N5O/c26-19(17-7-4-13-25(15-17)20-21-9-5-10-22-20)23-14-16-6-3-12-24-11-2-1-8-18(16)24/h5,9-10,16-18H,1-4,6-8,11-15H2,(H,23,26)/t16-,17-,18+/m1/s1. The molecule has 1 N–H and O–H groups in total. The van der Waals surface area contributed by atoms with Crippen molar-refractivity contribution in [2.45, 2.75) is 51.0 Å². The van der Waals surface area contributed by atoms with Gasteiger partial charge < -0.3 is 15.1 Å². The van der Waals surface area contributed by atoms with Crippen LogP contribution in [0.25, 0.3) is 0 Å². The van der Waals surface area contributed by atoms with Gasteiger partial charge in [-0.3, -0.25) is 4.79 Å². The molecular weight excluding hydrogens is 326 g/mol. The first-order valence-corrected chi connectivity index (χ1v) is 10.3. The van der Waals surface area contributed by atoms with Crippen molar-refractivity contribution in [3.63, 3.8) is 0 Å². The Morgan fingerprint density at radius 3 is 2.73 bits per heavy atom. The highest BCUT2D eigenvalue weighted by Crippen LogP contribution is 2.30. The summed E-state index contributed by atoms with van der Waals surface area (Å²) < 4.78 is 0. The Balaban J connectivity index is 1.30. The Kier molecular flexibility index (Phi) is 5.68. The zero-order chi connectivity index (χ0) is 17.8. The third kappa shape index (κ3) is 4.00. The molecule has 1 aromatic rings. The Morgan fingerprint density at radius 1 is 1.04 bits per heavy atom. The zero-order valence-corrected chi connectivity index (χ0v) is 15.6. The summed E-state index contributed by atoms with van der Waals surface area (Å²) in [6.45, 7) is 5.02. The number of carbonyl (C=O) groups is 1. The van der Waals surface area contributed by atoms with E-state index in [1.807, 2.05) is 6.07 Å². The first-order chi connectivity index (χ1) is 12.8. The van der Waals surface area contributed by atoms with Crippen LogP contribution in [0.5, 0.6) is 0 Å². The summed E-state index contributed by atoms with van der Waals surface area (Å²) in [6.07, 6.45) is 12.1. The number of anilines is 1. The van der Waals surface area contributed by atoms with Crippen LogP contribution in [0.4, 0.5) is 5.95 Å². The summed E-state index contributed by atoms with van der Waals surface area (Å²) in [5.74, 6) is 1.65. The molecular formula is C20H31N5O. The molecule has 3 atom stereocenters. The molecule has 0 radical (unpaired) electrons. The molecule has 0 aromatic carbocycles. The summed E-state index contributed by atoms with van der Waals surface area (Å²) in [6, 6.07) is 2.52. The van der Waals surface area contributed by atoms with E-state index in [0.29, 0.717) is 12.0 Å². The van der Waals surface area contributed by atoms with E-state index in [1.54, 1.807) is 12.4 Å². The van der Waals surface area contributed by atoms with Crippen molar-refractivity contribution < 1.29 is 4.79 Å². The van der Waals surface area contributed by atoms with Crippen LogP contribution in [-0.2, 0) is 4.79 Å². The van der Waals surface area contributed by atoms with Crippen LogP contribution in [-0.4, -0.2) is 59.5 Å². The van der Waals surface area contributed by atoms with E-state index in [4.69, 9.17) is 0 Å². The molecule has 0 aliphatic carbocycles. The summed E-state index contributed by atoms with van der Waals surface area (Å²) in [5.41, 5.74) is 0. The van der Waals surface area contributed by atoms with Gasteiger partial charge in [-0.2, -0.15) is 0 Å². The van der Waals surface area contributed by atoms with Crippen LogP contribution in [0, 0.1) is 11.8 Å². The number of hydrogen-bond acceptors (Lipinski definition) is 5. The van der Waals surface area contributed by atoms with Gasteiger partial charge >= 0.3 is 0 Å². The highest BCUT2D eigenvalue weighted by atomic mass is 16.1. The van der Waals surface area contributed by atoms with Crippen molar-refractivity contribution in [3.05, 3.63) is 18.5 Å². The maximum absolute atomic E-state index is 12.8. The molecule has 3 aliphatic rings. The van der Waals surface area contributed by atoms with Crippen molar-refractivity contribution in [3.8, 4) is 0 Å². The second kappa shape index (κ2) is 8.33. The maximum Gasteiger partial charge on any atom is 0.225 e. The van der Waals surface area contributed by atoms with Crippen LogP contribution in [0.3, 0.4) is 0 Å². The number of amides is 1. The molecule has 142 valence electrons. The molecule has 1 amide bonds. The van der Waals surface area contributed by atoms with Gasteiger partial charge in [-0.05, 0) is 63.6 Å². The Morgan fingerprint density at radius 2 is 1.85 bits per heavy atom. The van der Waals surface area contributed by atoms with Crippen molar-refractivity contribution in [2.24, 2.45) is 11.8 Å². The van der Waals surface area contributed by atoms with E-state index in [1.165, 1.54) is 45.2 Å². The van der Waals surface area contributed by atoms with Crippen LogP contribution in [0.1, 0.15) is 44.9 Å². The lowest BCUT2D eigenvalue weighted by Gasteiger charge is -2.44. The normalized spacial score (nSPS) is 29.8. The van der Waals surface area contributed by atoms with E-state index in [0.717, 1.165) is 38.4 Å². The molecule has 0 bridgehead atoms. The van der Waals surface area contributed by atoms with Gasteiger partial charge in [0.05, 0.1) is 5.92 Å². The number of nitrogens with zero attached hydrogens (tertiary/aromatic N) is 4. The molecule has 0 unspecified atom stereocenters. The van der Waals surface area contributed by atoms with E-state index >= 15 is 0 Å². The number of rotatable bonds is 4. The molecule has 0 saturated carbocycles. The van der Waals surface area contributed by atoms with Crippen LogP contribution >= 0.6 is 0 Å². The van der Waals surface area contributed by atoms with Gasteiger partial charge in [0, 0.05) is 38.1 Å². The van der Waals surface area contributed by atoms with E-state index in [2.05, 4.69) is 25.1 Å². The monoisotopic (exact) mass is 357 g/mol. The van der Waals surface area contributed by atoms with Crippen molar-refractivity contribution in [1.29, 1.82) is 0 Å². The minimum absolute atomic E-state index is 0.0543. The lowest BCUT2D eigenvalue weighted by molar-refractivity contribution is -0.125. The molecule has 0 spiro atoms. The van der Waals surface area contributed by atoms with Gasteiger partial charge in [-0.15, -0.1) is 0 Å². The van der Waals surface area contributed by atoms with Gasteiger partial charge in [0.1, 0.15) is 0 Å². The third-order valence-corrected chi connectivity index (χ3v) is 6.39. The summed E-state index contributed by atoms with van der Waals surface area (Å²) in [5, 5.41) is 3.29. The van der Waals surface area contributed by atoms with Crippen LogP contribution < -0.4 is 10.2 Å². The first-order valence-electron chi connectivity index (χ1n) is 10.3. The van der Waals surface area contributed by atoms with Gasteiger partial charge in [0.15, 0.2) is 0 Å². The average molecular weight is 358 g/mol.